The topological polar surface area (TPSA) is 59.8 Å². The van der Waals surface area contributed by atoms with Gasteiger partial charge in [-0.15, -0.1) is 0 Å². The highest BCUT2D eigenvalue weighted by molar-refractivity contribution is 6.12. The van der Waals surface area contributed by atoms with Gasteiger partial charge in [0.05, 0.1) is 22.3 Å². The minimum atomic E-state index is -0.155. The van der Waals surface area contributed by atoms with E-state index in [-0.39, 0.29) is 5.91 Å². The van der Waals surface area contributed by atoms with Crippen molar-refractivity contribution in [3.63, 3.8) is 0 Å². The zero-order valence-electron chi connectivity index (χ0n) is 18.1. The smallest absolute Gasteiger partial charge is 0.256 e. The monoisotopic (exact) mass is 398 g/mol. The second-order valence-electron chi connectivity index (χ2n) is 7.78. The SMILES string of the molecule is CCc1ccc(-n2nc(C)c3c(C(=O)Nc4ccc(C)c(C)c4)cc(C)nc32)cc1. The Kier molecular flexibility index (Phi) is 5.12. The van der Waals surface area contributed by atoms with E-state index in [9.17, 15) is 4.79 Å². The van der Waals surface area contributed by atoms with E-state index in [1.54, 1.807) is 0 Å². The van der Waals surface area contributed by atoms with Crippen LogP contribution in [0.1, 0.15) is 45.4 Å². The van der Waals surface area contributed by atoms with Crippen LogP contribution in [0.2, 0.25) is 0 Å². The lowest BCUT2D eigenvalue weighted by atomic mass is 10.1. The molecule has 152 valence electrons. The van der Waals surface area contributed by atoms with Crippen molar-refractivity contribution in [1.82, 2.24) is 14.8 Å². The quantitative estimate of drug-likeness (QED) is 0.496. The van der Waals surface area contributed by atoms with Crippen LogP contribution < -0.4 is 5.32 Å². The van der Waals surface area contributed by atoms with Crippen LogP contribution in [0.4, 0.5) is 5.69 Å². The molecule has 0 unspecified atom stereocenters. The van der Waals surface area contributed by atoms with Crippen LogP contribution >= 0.6 is 0 Å². The van der Waals surface area contributed by atoms with Gasteiger partial charge in [-0.1, -0.05) is 25.1 Å². The molecule has 0 aliphatic carbocycles. The number of aromatic nitrogens is 3. The van der Waals surface area contributed by atoms with Crippen molar-refractivity contribution in [2.75, 3.05) is 5.32 Å². The summed E-state index contributed by atoms with van der Waals surface area (Å²) in [6, 6.07) is 16.1. The van der Waals surface area contributed by atoms with Gasteiger partial charge in [-0.3, -0.25) is 4.79 Å². The second-order valence-corrected chi connectivity index (χ2v) is 7.78. The molecule has 0 saturated carbocycles. The number of amides is 1. The molecule has 0 fully saturated rings. The Labute approximate surface area is 176 Å². The third-order valence-corrected chi connectivity index (χ3v) is 5.54. The molecule has 1 amide bonds. The third-order valence-electron chi connectivity index (χ3n) is 5.54. The lowest BCUT2D eigenvalue weighted by Crippen LogP contribution is -2.13. The molecule has 0 atom stereocenters. The van der Waals surface area contributed by atoms with Crippen molar-refractivity contribution < 1.29 is 4.79 Å². The number of anilines is 1. The predicted molar refractivity (Wildman–Crippen MR) is 122 cm³/mol. The molecule has 0 bridgehead atoms. The minimum absolute atomic E-state index is 0.155. The molecule has 2 aromatic carbocycles. The van der Waals surface area contributed by atoms with Crippen molar-refractivity contribution in [3.05, 3.63) is 82.2 Å². The number of pyridine rings is 1. The van der Waals surface area contributed by atoms with E-state index in [0.717, 1.165) is 40.1 Å². The van der Waals surface area contributed by atoms with E-state index in [1.165, 1.54) is 11.1 Å². The number of benzene rings is 2. The van der Waals surface area contributed by atoms with Crippen molar-refractivity contribution in [2.24, 2.45) is 0 Å². The van der Waals surface area contributed by atoms with E-state index in [4.69, 9.17) is 10.1 Å². The number of hydrogen-bond acceptors (Lipinski definition) is 3. The summed E-state index contributed by atoms with van der Waals surface area (Å²) in [4.78, 5) is 17.9. The molecule has 0 saturated heterocycles. The van der Waals surface area contributed by atoms with Crippen LogP contribution in [0.25, 0.3) is 16.7 Å². The van der Waals surface area contributed by atoms with Gasteiger partial charge >= 0.3 is 0 Å². The number of fused-ring (bicyclic) bond motifs is 1. The number of carbonyl (C=O) groups is 1. The zero-order valence-corrected chi connectivity index (χ0v) is 18.1. The molecule has 2 heterocycles. The molecular weight excluding hydrogens is 372 g/mol. The Morgan fingerprint density at radius 1 is 0.967 bits per heavy atom. The number of hydrogen-bond donors (Lipinski definition) is 1. The fourth-order valence-electron chi connectivity index (χ4n) is 3.66. The summed E-state index contributed by atoms with van der Waals surface area (Å²) in [7, 11) is 0. The third kappa shape index (κ3) is 3.59. The molecule has 4 rings (SSSR count). The number of nitrogens with one attached hydrogen (secondary N) is 1. The summed E-state index contributed by atoms with van der Waals surface area (Å²) < 4.78 is 1.82. The highest BCUT2D eigenvalue weighted by Crippen LogP contribution is 2.26. The first-order chi connectivity index (χ1) is 14.4. The average molecular weight is 399 g/mol. The van der Waals surface area contributed by atoms with Crippen molar-refractivity contribution in [1.29, 1.82) is 0 Å². The molecule has 1 N–H and O–H groups in total. The lowest BCUT2D eigenvalue weighted by molar-refractivity contribution is 0.102. The zero-order chi connectivity index (χ0) is 21.4. The highest BCUT2D eigenvalue weighted by atomic mass is 16.1. The molecule has 30 heavy (non-hydrogen) atoms. The van der Waals surface area contributed by atoms with Gasteiger partial charge in [0.15, 0.2) is 5.65 Å². The molecular formula is C25H26N4O. The Morgan fingerprint density at radius 3 is 2.37 bits per heavy atom. The first kappa shape index (κ1) is 19.8. The standard InChI is InChI=1S/C25H26N4O/c1-6-19-8-11-21(12-9-19)29-24-23(18(5)28-29)22(14-17(4)26-24)25(30)27-20-10-7-15(2)16(3)13-20/h7-14H,6H2,1-5H3,(H,27,30). The van der Waals surface area contributed by atoms with Gasteiger partial charge in [0.2, 0.25) is 0 Å². The number of aryl methyl sites for hydroxylation is 5. The van der Waals surface area contributed by atoms with Gasteiger partial charge in [0.1, 0.15) is 0 Å². The first-order valence-corrected chi connectivity index (χ1v) is 10.2. The Bertz CT molecular complexity index is 1250. The fourth-order valence-corrected chi connectivity index (χ4v) is 3.66. The van der Waals surface area contributed by atoms with Crippen molar-refractivity contribution in [2.45, 2.75) is 41.0 Å². The second kappa shape index (κ2) is 7.75. The summed E-state index contributed by atoms with van der Waals surface area (Å²) in [5.74, 6) is -0.155. The Morgan fingerprint density at radius 2 is 1.70 bits per heavy atom. The minimum Gasteiger partial charge on any atom is -0.322 e. The van der Waals surface area contributed by atoms with Gasteiger partial charge in [-0.05, 0) is 81.1 Å². The first-order valence-electron chi connectivity index (χ1n) is 10.2. The van der Waals surface area contributed by atoms with E-state index in [2.05, 4.69) is 31.3 Å². The van der Waals surface area contributed by atoms with Crippen LogP contribution in [0.3, 0.4) is 0 Å². The largest absolute Gasteiger partial charge is 0.322 e. The van der Waals surface area contributed by atoms with Gasteiger partial charge in [-0.25, -0.2) is 9.67 Å². The van der Waals surface area contributed by atoms with Crippen molar-refractivity contribution >= 4 is 22.6 Å². The van der Waals surface area contributed by atoms with Crippen LogP contribution in [0.15, 0.2) is 48.5 Å². The summed E-state index contributed by atoms with van der Waals surface area (Å²) in [6.45, 7) is 10.1. The molecule has 0 aliphatic heterocycles. The molecule has 0 spiro atoms. The maximum absolute atomic E-state index is 13.2. The lowest BCUT2D eigenvalue weighted by Gasteiger charge is -2.10. The summed E-state index contributed by atoms with van der Waals surface area (Å²) in [5.41, 5.74) is 8.16. The van der Waals surface area contributed by atoms with Crippen LogP contribution in [-0.4, -0.2) is 20.7 Å². The van der Waals surface area contributed by atoms with Crippen LogP contribution in [0, 0.1) is 27.7 Å². The maximum Gasteiger partial charge on any atom is 0.256 e. The number of nitrogens with zero attached hydrogens (tertiary/aromatic N) is 3. The summed E-state index contributed by atoms with van der Waals surface area (Å²) >= 11 is 0. The number of carbonyl (C=O) groups excluding carboxylic acids is 1. The Balaban J connectivity index is 1.79. The van der Waals surface area contributed by atoms with E-state index < -0.39 is 0 Å². The van der Waals surface area contributed by atoms with E-state index in [0.29, 0.717) is 11.2 Å². The maximum atomic E-state index is 13.2. The van der Waals surface area contributed by atoms with Gasteiger partial charge in [0.25, 0.3) is 5.91 Å². The molecule has 5 nitrogen and oxygen atoms in total. The van der Waals surface area contributed by atoms with Crippen LogP contribution in [-0.2, 0) is 6.42 Å². The molecule has 4 aromatic rings. The summed E-state index contributed by atoms with van der Waals surface area (Å²) in [6.07, 6.45) is 0.985. The molecule has 0 radical (unpaired) electrons. The van der Waals surface area contributed by atoms with Gasteiger partial charge < -0.3 is 5.32 Å². The molecule has 0 aliphatic rings. The summed E-state index contributed by atoms with van der Waals surface area (Å²) in [5, 5.41) is 8.52. The van der Waals surface area contributed by atoms with Crippen LogP contribution in [0.5, 0.6) is 0 Å². The average Bonchev–Trinajstić information content (AvgIpc) is 3.06. The van der Waals surface area contributed by atoms with Gasteiger partial charge in [0, 0.05) is 11.4 Å². The Hall–Kier alpha value is -3.47. The van der Waals surface area contributed by atoms with Crippen molar-refractivity contribution in [3.8, 4) is 5.69 Å². The predicted octanol–water partition coefficient (Wildman–Crippen LogP) is 5.47. The fraction of sp³-hybridized carbons (Fsp3) is 0.240. The van der Waals surface area contributed by atoms with E-state index >= 15 is 0 Å². The number of rotatable bonds is 4. The molecule has 5 heteroatoms. The molecule has 2 aromatic heterocycles. The van der Waals surface area contributed by atoms with E-state index in [1.807, 2.05) is 61.9 Å². The van der Waals surface area contributed by atoms with Gasteiger partial charge in [-0.2, -0.15) is 5.10 Å². The normalized spacial score (nSPS) is 11.1. The highest BCUT2D eigenvalue weighted by Gasteiger charge is 2.20.